The van der Waals surface area contributed by atoms with Crippen LogP contribution in [0.25, 0.3) is 0 Å². The lowest BCUT2D eigenvalue weighted by molar-refractivity contribution is 0.352. The van der Waals surface area contributed by atoms with Crippen molar-refractivity contribution in [1.82, 2.24) is 9.55 Å². The van der Waals surface area contributed by atoms with E-state index in [0.29, 0.717) is 18.2 Å². The van der Waals surface area contributed by atoms with Gasteiger partial charge >= 0.3 is 0 Å². The van der Waals surface area contributed by atoms with Gasteiger partial charge in [-0.3, -0.25) is 9.36 Å². The molecule has 0 saturated carbocycles. The van der Waals surface area contributed by atoms with Crippen molar-refractivity contribution < 1.29 is 4.74 Å². The van der Waals surface area contributed by atoms with Crippen molar-refractivity contribution >= 4 is 23.2 Å². The van der Waals surface area contributed by atoms with Gasteiger partial charge in [0.1, 0.15) is 10.9 Å². The SMILES string of the molecule is O=c1cc(Cl)ncn1Cc1cc(Cl)cc2c1OCC2. The molecule has 0 unspecified atom stereocenters. The largest absolute Gasteiger partial charge is 0.493 e. The summed E-state index contributed by atoms with van der Waals surface area (Å²) in [5, 5.41) is 0.836. The minimum atomic E-state index is -0.202. The van der Waals surface area contributed by atoms with E-state index >= 15 is 0 Å². The van der Waals surface area contributed by atoms with Gasteiger partial charge in [-0.05, 0) is 17.7 Å². The second kappa shape index (κ2) is 4.87. The number of rotatable bonds is 2. The van der Waals surface area contributed by atoms with Crippen LogP contribution in [0.1, 0.15) is 11.1 Å². The van der Waals surface area contributed by atoms with E-state index in [9.17, 15) is 4.79 Å². The highest BCUT2D eigenvalue weighted by Crippen LogP contribution is 2.33. The Kier molecular flexibility index (Phi) is 3.21. The average molecular weight is 297 g/mol. The van der Waals surface area contributed by atoms with Gasteiger partial charge < -0.3 is 4.74 Å². The van der Waals surface area contributed by atoms with Crippen LogP contribution in [0, 0.1) is 0 Å². The van der Waals surface area contributed by atoms with Crippen LogP contribution in [-0.4, -0.2) is 16.2 Å². The summed E-state index contributed by atoms with van der Waals surface area (Å²) in [4.78, 5) is 15.7. The maximum Gasteiger partial charge on any atom is 0.255 e. The minimum absolute atomic E-state index is 0.189. The maximum atomic E-state index is 11.8. The fourth-order valence-corrected chi connectivity index (χ4v) is 2.57. The third-order valence-electron chi connectivity index (χ3n) is 3.01. The summed E-state index contributed by atoms with van der Waals surface area (Å²) in [7, 11) is 0. The predicted octanol–water partition coefficient (Wildman–Crippen LogP) is 2.53. The number of nitrogens with zero attached hydrogens (tertiary/aromatic N) is 2. The quantitative estimate of drug-likeness (QED) is 0.800. The smallest absolute Gasteiger partial charge is 0.255 e. The van der Waals surface area contributed by atoms with Gasteiger partial charge in [0.15, 0.2) is 0 Å². The number of aromatic nitrogens is 2. The lowest BCUT2D eigenvalue weighted by Crippen LogP contribution is -2.20. The Bertz CT molecular complexity index is 698. The molecular weight excluding hydrogens is 287 g/mol. The lowest BCUT2D eigenvalue weighted by Gasteiger charge is -2.10. The topological polar surface area (TPSA) is 44.1 Å². The van der Waals surface area contributed by atoms with Crippen LogP contribution in [-0.2, 0) is 13.0 Å². The minimum Gasteiger partial charge on any atom is -0.493 e. The molecule has 2 heterocycles. The van der Waals surface area contributed by atoms with E-state index in [1.165, 1.54) is 17.0 Å². The van der Waals surface area contributed by atoms with Crippen LogP contribution in [0.5, 0.6) is 5.75 Å². The summed E-state index contributed by atoms with van der Waals surface area (Å²) in [6.45, 7) is 1.02. The Balaban J connectivity index is 2.02. The van der Waals surface area contributed by atoms with E-state index in [2.05, 4.69) is 4.98 Å². The van der Waals surface area contributed by atoms with Gasteiger partial charge in [0.05, 0.1) is 19.5 Å². The van der Waals surface area contributed by atoms with Gasteiger partial charge in [-0.25, -0.2) is 4.98 Å². The maximum absolute atomic E-state index is 11.8. The zero-order valence-electron chi connectivity index (χ0n) is 9.90. The Hall–Kier alpha value is -1.52. The van der Waals surface area contributed by atoms with Gasteiger partial charge in [0.2, 0.25) is 0 Å². The van der Waals surface area contributed by atoms with Crippen molar-refractivity contribution in [2.45, 2.75) is 13.0 Å². The van der Waals surface area contributed by atoms with Crippen LogP contribution in [0.4, 0.5) is 0 Å². The number of ether oxygens (including phenoxy) is 1. The van der Waals surface area contributed by atoms with Crippen LogP contribution in [0.15, 0.2) is 29.3 Å². The Labute approximate surface area is 119 Å². The first-order valence-corrected chi connectivity index (χ1v) is 6.55. The number of fused-ring (bicyclic) bond motifs is 1. The van der Waals surface area contributed by atoms with E-state index < -0.39 is 0 Å². The summed E-state index contributed by atoms with van der Waals surface area (Å²) in [5.74, 6) is 0.825. The molecule has 0 spiro atoms. The van der Waals surface area contributed by atoms with Crippen molar-refractivity contribution in [2.75, 3.05) is 6.61 Å². The van der Waals surface area contributed by atoms with Gasteiger partial charge in [0.25, 0.3) is 5.56 Å². The monoisotopic (exact) mass is 296 g/mol. The van der Waals surface area contributed by atoms with Crippen molar-refractivity contribution in [3.8, 4) is 5.75 Å². The molecule has 0 atom stereocenters. The van der Waals surface area contributed by atoms with E-state index in [1.807, 2.05) is 12.1 Å². The zero-order valence-corrected chi connectivity index (χ0v) is 11.4. The molecule has 1 aromatic heterocycles. The van der Waals surface area contributed by atoms with Gasteiger partial charge in [-0.1, -0.05) is 23.2 Å². The van der Waals surface area contributed by atoms with Crippen LogP contribution >= 0.6 is 23.2 Å². The van der Waals surface area contributed by atoms with E-state index in [-0.39, 0.29) is 10.7 Å². The van der Waals surface area contributed by atoms with Crippen LogP contribution < -0.4 is 10.3 Å². The Morgan fingerprint density at radius 2 is 2.16 bits per heavy atom. The molecule has 0 aliphatic carbocycles. The number of benzene rings is 1. The molecule has 1 aromatic carbocycles. The summed E-state index contributed by atoms with van der Waals surface area (Å²) < 4.78 is 7.07. The van der Waals surface area contributed by atoms with Crippen LogP contribution in [0.3, 0.4) is 0 Å². The van der Waals surface area contributed by atoms with Crippen molar-refractivity contribution in [1.29, 1.82) is 0 Å². The molecule has 1 aliphatic heterocycles. The zero-order chi connectivity index (χ0) is 13.4. The van der Waals surface area contributed by atoms with Gasteiger partial charge in [-0.2, -0.15) is 0 Å². The van der Waals surface area contributed by atoms with Crippen molar-refractivity contribution in [3.63, 3.8) is 0 Å². The number of hydrogen-bond acceptors (Lipinski definition) is 3. The molecule has 0 amide bonds. The molecule has 6 heteroatoms. The number of hydrogen-bond donors (Lipinski definition) is 0. The summed E-state index contributed by atoms with van der Waals surface area (Å²) in [6.07, 6.45) is 2.27. The van der Waals surface area contributed by atoms with Crippen LogP contribution in [0.2, 0.25) is 10.2 Å². The first kappa shape index (κ1) is 12.5. The third-order valence-corrected chi connectivity index (χ3v) is 3.44. The van der Waals surface area contributed by atoms with E-state index in [4.69, 9.17) is 27.9 Å². The highest BCUT2D eigenvalue weighted by Gasteiger charge is 2.18. The lowest BCUT2D eigenvalue weighted by atomic mass is 10.1. The Morgan fingerprint density at radius 1 is 1.32 bits per heavy atom. The van der Waals surface area contributed by atoms with E-state index in [1.54, 1.807) is 0 Å². The highest BCUT2D eigenvalue weighted by atomic mass is 35.5. The fourth-order valence-electron chi connectivity index (χ4n) is 2.17. The Morgan fingerprint density at radius 3 is 2.95 bits per heavy atom. The molecule has 4 nitrogen and oxygen atoms in total. The summed E-state index contributed by atoms with van der Waals surface area (Å²) in [5.41, 5.74) is 1.76. The molecule has 0 N–H and O–H groups in total. The second-order valence-electron chi connectivity index (χ2n) is 4.33. The van der Waals surface area contributed by atoms with E-state index in [0.717, 1.165) is 23.3 Å². The number of halogens is 2. The predicted molar refractivity (Wildman–Crippen MR) is 73.3 cm³/mol. The van der Waals surface area contributed by atoms with Crippen molar-refractivity contribution in [3.05, 3.63) is 56.2 Å². The average Bonchev–Trinajstić information content (AvgIpc) is 2.80. The molecule has 0 bridgehead atoms. The van der Waals surface area contributed by atoms with Gasteiger partial charge in [0, 0.05) is 23.1 Å². The van der Waals surface area contributed by atoms with Gasteiger partial charge in [-0.15, -0.1) is 0 Å². The normalized spacial score (nSPS) is 13.2. The molecule has 2 aromatic rings. The highest BCUT2D eigenvalue weighted by molar-refractivity contribution is 6.30. The summed E-state index contributed by atoms with van der Waals surface area (Å²) in [6, 6.07) is 5.00. The third kappa shape index (κ3) is 2.46. The molecule has 0 fully saturated rings. The molecule has 0 radical (unpaired) electrons. The first-order chi connectivity index (χ1) is 9.13. The fraction of sp³-hybridized carbons (Fsp3) is 0.231. The second-order valence-corrected chi connectivity index (χ2v) is 5.15. The first-order valence-electron chi connectivity index (χ1n) is 5.79. The molecule has 3 rings (SSSR count). The molecule has 1 aliphatic rings. The summed E-state index contributed by atoms with van der Waals surface area (Å²) >= 11 is 11.7. The molecule has 98 valence electrons. The molecule has 19 heavy (non-hydrogen) atoms. The van der Waals surface area contributed by atoms with Crippen molar-refractivity contribution in [2.24, 2.45) is 0 Å². The molecular formula is C13H10Cl2N2O2. The molecule has 0 saturated heterocycles. The standard InChI is InChI=1S/C13H10Cl2N2O2/c14-10-3-8-1-2-19-13(8)9(4-10)6-17-7-16-11(15)5-12(17)18/h3-5,7H,1-2,6H2.